The monoisotopic (exact) mass is 258 g/mol. The fourth-order valence-corrected chi connectivity index (χ4v) is 2.98. The Morgan fingerprint density at radius 1 is 1.47 bits per heavy atom. The van der Waals surface area contributed by atoms with Crippen molar-refractivity contribution < 1.29 is 9.90 Å². The van der Waals surface area contributed by atoms with Gasteiger partial charge in [-0.2, -0.15) is 5.26 Å². The quantitative estimate of drug-likeness (QED) is 0.848. The first kappa shape index (κ1) is 13.6. The van der Waals surface area contributed by atoms with Crippen LogP contribution in [0.2, 0.25) is 0 Å². The standard InChI is InChI=1S/C15H18N2O2/c16-9-4-7-12(11-5-2-1-3-6-11)13-8-10-17-14(13)15(18)19/h1-3,5-6,12-14,17H,4,7-8,10H2,(H,18,19)/t12-,13+,14+/m1/s1. The van der Waals surface area contributed by atoms with Crippen LogP contribution in [-0.2, 0) is 4.79 Å². The highest BCUT2D eigenvalue weighted by molar-refractivity contribution is 5.74. The van der Waals surface area contributed by atoms with Gasteiger partial charge in [0.1, 0.15) is 6.04 Å². The Morgan fingerprint density at radius 2 is 2.21 bits per heavy atom. The predicted molar refractivity (Wildman–Crippen MR) is 71.6 cm³/mol. The zero-order valence-corrected chi connectivity index (χ0v) is 10.7. The molecule has 0 radical (unpaired) electrons. The summed E-state index contributed by atoms with van der Waals surface area (Å²) in [5, 5.41) is 21.1. The van der Waals surface area contributed by atoms with E-state index in [2.05, 4.69) is 11.4 Å². The highest BCUT2D eigenvalue weighted by Crippen LogP contribution is 2.36. The second-order valence-electron chi connectivity index (χ2n) is 4.94. The Hall–Kier alpha value is -1.86. The third-order valence-corrected chi connectivity index (χ3v) is 3.85. The maximum absolute atomic E-state index is 11.3. The molecule has 0 aliphatic carbocycles. The van der Waals surface area contributed by atoms with E-state index < -0.39 is 12.0 Å². The van der Waals surface area contributed by atoms with Crippen molar-refractivity contribution in [1.82, 2.24) is 5.32 Å². The van der Waals surface area contributed by atoms with Gasteiger partial charge >= 0.3 is 5.97 Å². The molecule has 1 fully saturated rings. The van der Waals surface area contributed by atoms with Crippen LogP contribution in [0.15, 0.2) is 30.3 Å². The molecule has 19 heavy (non-hydrogen) atoms. The van der Waals surface area contributed by atoms with Gasteiger partial charge in [-0.1, -0.05) is 30.3 Å². The maximum atomic E-state index is 11.3. The number of benzene rings is 1. The van der Waals surface area contributed by atoms with Gasteiger partial charge in [-0.15, -0.1) is 0 Å². The molecule has 4 heteroatoms. The third kappa shape index (κ3) is 3.12. The molecule has 3 atom stereocenters. The summed E-state index contributed by atoms with van der Waals surface area (Å²) in [6.45, 7) is 0.734. The lowest BCUT2D eigenvalue weighted by atomic mass is 9.79. The number of carboxylic acid groups (broad SMARTS) is 1. The first-order valence-electron chi connectivity index (χ1n) is 6.62. The average molecular weight is 258 g/mol. The van der Waals surface area contributed by atoms with E-state index in [1.807, 2.05) is 30.3 Å². The van der Waals surface area contributed by atoms with Crippen LogP contribution in [0.25, 0.3) is 0 Å². The van der Waals surface area contributed by atoms with Crippen LogP contribution < -0.4 is 5.32 Å². The van der Waals surface area contributed by atoms with E-state index in [0.29, 0.717) is 6.42 Å². The highest BCUT2D eigenvalue weighted by atomic mass is 16.4. The second-order valence-corrected chi connectivity index (χ2v) is 4.94. The Labute approximate surface area is 113 Å². The maximum Gasteiger partial charge on any atom is 0.321 e. The summed E-state index contributed by atoms with van der Waals surface area (Å²) in [6, 6.07) is 11.6. The number of rotatable bonds is 5. The molecule has 0 unspecified atom stereocenters. The van der Waals surface area contributed by atoms with Crippen LogP contribution in [0.3, 0.4) is 0 Å². The predicted octanol–water partition coefficient (Wildman–Crippen LogP) is 2.14. The molecule has 0 spiro atoms. The van der Waals surface area contributed by atoms with Gasteiger partial charge in [0.05, 0.1) is 6.07 Å². The number of nitrogens with one attached hydrogen (secondary N) is 1. The van der Waals surface area contributed by atoms with Gasteiger partial charge in [0.2, 0.25) is 0 Å². The summed E-state index contributed by atoms with van der Waals surface area (Å²) >= 11 is 0. The van der Waals surface area contributed by atoms with Crippen molar-refractivity contribution in [1.29, 1.82) is 5.26 Å². The first-order valence-corrected chi connectivity index (χ1v) is 6.62. The SMILES string of the molecule is N#CCC[C@H](c1ccccc1)[C@@H]1CCN[C@@H]1C(=O)O. The Kier molecular flexibility index (Phi) is 4.53. The van der Waals surface area contributed by atoms with Gasteiger partial charge < -0.3 is 10.4 Å². The molecule has 2 N–H and O–H groups in total. The summed E-state index contributed by atoms with van der Waals surface area (Å²) in [6.07, 6.45) is 2.03. The van der Waals surface area contributed by atoms with Crippen LogP contribution in [0, 0.1) is 17.2 Å². The van der Waals surface area contributed by atoms with E-state index in [4.69, 9.17) is 5.26 Å². The zero-order chi connectivity index (χ0) is 13.7. The zero-order valence-electron chi connectivity index (χ0n) is 10.7. The number of carboxylic acids is 1. The Balaban J connectivity index is 2.22. The van der Waals surface area contributed by atoms with Crippen LogP contribution in [0.5, 0.6) is 0 Å². The largest absolute Gasteiger partial charge is 0.480 e. The average Bonchev–Trinajstić information content (AvgIpc) is 2.90. The molecule has 0 bridgehead atoms. The molecule has 100 valence electrons. The molecular formula is C15H18N2O2. The van der Waals surface area contributed by atoms with Gasteiger partial charge in [0.15, 0.2) is 0 Å². The first-order chi connectivity index (χ1) is 9.24. The minimum Gasteiger partial charge on any atom is -0.480 e. The molecule has 1 saturated heterocycles. The fraction of sp³-hybridized carbons (Fsp3) is 0.467. The summed E-state index contributed by atoms with van der Waals surface area (Å²) in [5.74, 6) is -0.592. The number of carbonyl (C=O) groups is 1. The van der Waals surface area contributed by atoms with E-state index >= 15 is 0 Å². The van der Waals surface area contributed by atoms with Crippen molar-refractivity contribution in [2.24, 2.45) is 5.92 Å². The van der Waals surface area contributed by atoms with Crippen molar-refractivity contribution in [2.75, 3.05) is 6.54 Å². The summed E-state index contributed by atoms with van der Waals surface area (Å²) in [4.78, 5) is 11.3. The van der Waals surface area contributed by atoms with Crippen molar-refractivity contribution >= 4 is 5.97 Å². The number of hydrogen-bond donors (Lipinski definition) is 2. The summed E-state index contributed by atoms with van der Waals surface area (Å²) in [5.41, 5.74) is 1.14. The number of hydrogen-bond acceptors (Lipinski definition) is 3. The van der Waals surface area contributed by atoms with Gasteiger partial charge in [-0.05, 0) is 36.8 Å². The lowest BCUT2D eigenvalue weighted by Gasteiger charge is -2.26. The van der Waals surface area contributed by atoms with Gasteiger partial charge in [-0.25, -0.2) is 0 Å². The van der Waals surface area contributed by atoms with E-state index in [0.717, 1.165) is 24.9 Å². The van der Waals surface area contributed by atoms with Gasteiger partial charge in [0.25, 0.3) is 0 Å². The molecule has 1 aliphatic rings. The van der Waals surface area contributed by atoms with Crippen molar-refractivity contribution in [3.05, 3.63) is 35.9 Å². The van der Waals surface area contributed by atoms with E-state index in [-0.39, 0.29) is 11.8 Å². The van der Waals surface area contributed by atoms with E-state index in [1.54, 1.807) is 0 Å². The van der Waals surface area contributed by atoms with E-state index in [9.17, 15) is 9.90 Å². The van der Waals surface area contributed by atoms with Crippen molar-refractivity contribution in [3.8, 4) is 6.07 Å². The number of nitrogens with zero attached hydrogens (tertiary/aromatic N) is 1. The highest BCUT2D eigenvalue weighted by Gasteiger charge is 2.38. The molecule has 1 aliphatic heterocycles. The van der Waals surface area contributed by atoms with Crippen LogP contribution in [0.4, 0.5) is 0 Å². The molecular weight excluding hydrogens is 240 g/mol. The van der Waals surface area contributed by atoms with Crippen molar-refractivity contribution in [2.45, 2.75) is 31.2 Å². The minimum absolute atomic E-state index is 0.0632. The second kappa shape index (κ2) is 6.35. The van der Waals surface area contributed by atoms with Crippen LogP contribution in [0.1, 0.15) is 30.7 Å². The molecule has 0 amide bonds. The van der Waals surface area contributed by atoms with Crippen LogP contribution >= 0.6 is 0 Å². The fourth-order valence-electron chi connectivity index (χ4n) is 2.98. The number of aliphatic carboxylic acids is 1. The normalized spacial score (nSPS) is 23.7. The van der Waals surface area contributed by atoms with Gasteiger partial charge in [-0.3, -0.25) is 4.79 Å². The molecule has 4 nitrogen and oxygen atoms in total. The number of nitriles is 1. The molecule has 1 aromatic rings. The third-order valence-electron chi connectivity index (χ3n) is 3.85. The molecule has 0 aromatic heterocycles. The summed E-state index contributed by atoms with van der Waals surface area (Å²) in [7, 11) is 0. The molecule has 0 saturated carbocycles. The van der Waals surface area contributed by atoms with Crippen molar-refractivity contribution in [3.63, 3.8) is 0 Å². The smallest absolute Gasteiger partial charge is 0.321 e. The topological polar surface area (TPSA) is 73.1 Å². The lowest BCUT2D eigenvalue weighted by molar-refractivity contribution is -0.140. The van der Waals surface area contributed by atoms with E-state index in [1.165, 1.54) is 0 Å². The molecule has 2 rings (SSSR count). The molecule has 1 heterocycles. The minimum atomic E-state index is -0.791. The molecule has 1 aromatic carbocycles. The lowest BCUT2D eigenvalue weighted by Crippen LogP contribution is -2.37. The van der Waals surface area contributed by atoms with Crippen LogP contribution in [-0.4, -0.2) is 23.7 Å². The Bertz CT molecular complexity index is 467. The van der Waals surface area contributed by atoms with Gasteiger partial charge in [0, 0.05) is 6.42 Å². The summed E-state index contributed by atoms with van der Waals surface area (Å²) < 4.78 is 0. The Morgan fingerprint density at radius 3 is 2.84 bits per heavy atom.